The minimum atomic E-state index is -0.513. The lowest BCUT2D eigenvalue weighted by Crippen LogP contribution is -2.13. The number of aromatic nitrogens is 1. The fourth-order valence-electron chi connectivity index (χ4n) is 2.02. The van der Waals surface area contributed by atoms with Crippen LogP contribution in [0.4, 0.5) is 0 Å². The molecule has 1 heterocycles. The number of thiazole rings is 1. The molecule has 0 saturated heterocycles. The van der Waals surface area contributed by atoms with E-state index in [1.807, 2.05) is 19.2 Å². The lowest BCUT2D eigenvalue weighted by molar-refractivity contribution is 0.647. The van der Waals surface area contributed by atoms with Crippen LogP contribution in [-0.2, 0) is 11.8 Å². The van der Waals surface area contributed by atoms with Gasteiger partial charge in [0.15, 0.2) is 0 Å². The molecule has 0 saturated carbocycles. The monoisotopic (exact) mass is 284 g/mol. The predicted molar refractivity (Wildman–Crippen MR) is 84.7 cm³/mol. The Morgan fingerprint density at radius 1 is 1.25 bits per heavy atom. The first-order valence-electron chi connectivity index (χ1n) is 6.89. The summed E-state index contributed by atoms with van der Waals surface area (Å²) in [5.41, 5.74) is 2.93. The molecule has 0 fully saturated rings. The Morgan fingerprint density at radius 2 is 1.90 bits per heavy atom. The molecule has 3 heteroatoms. The summed E-state index contributed by atoms with van der Waals surface area (Å²) >= 11 is 1.56. The highest BCUT2D eigenvalue weighted by molar-refractivity contribution is 7.10. The van der Waals surface area contributed by atoms with Gasteiger partial charge in [-0.3, -0.25) is 0 Å². The summed E-state index contributed by atoms with van der Waals surface area (Å²) in [5, 5.41) is 12.1. The molecule has 20 heavy (non-hydrogen) atoms. The highest BCUT2D eigenvalue weighted by Crippen LogP contribution is 2.30. The molecular weight excluding hydrogens is 264 g/mol. The van der Waals surface area contributed by atoms with E-state index in [4.69, 9.17) is 5.26 Å². The maximum absolute atomic E-state index is 9.16. The third-order valence-electron chi connectivity index (χ3n) is 3.21. The standard InChI is InChI=1S/C17H20N2S/c1-12(2)9-13-5-7-14(8-6-13)15-10-20-16(19-15)17(3,4)11-18/h5-8,10,12H,9H2,1-4H3. The summed E-state index contributed by atoms with van der Waals surface area (Å²) in [6.45, 7) is 8.26. The molecule has 0 aliphatic rings. The summed E-state index contributed by atoms with van der Waals surface area (Å²) in [4.78, 5) is 4.61. The molecule has 0 bridgehead atoms. The molecular formula is C17H20N2S. The van der Waals surface area contributed by atoms with E-state index in [0.29, 0.717) is 5.92 Å². The lowest BCUT2D eigenvalue weighted by atomic mass is 9.97. The largest absolute Gasteiger partial charge is 0.240 e. The Balaban J connectivity index is 2.23. The molecule has 0 atom stereocenters. The molecule has 0 radical (unpaired) electrons. The molecule has 0 amide bonds. The first-order chi connectivity index (χ1) is 9.42. The Hall–Kier alpha value is -1.66. The predicted octanol–water partition coefficient (Wildman–Crippen LogP) is 4.81. The third-order valence-corrected chi connectivity index (χ3v) is 4.38. The van der Waals surface area contributed by atoms with Crippen molar-refractivity contribution >= 4 is 11.3 Å². The van der Waals surface area contributed by atoms with Gasteiger partial charge in [-0.25, -0.2) is 4.98 Å². The lowest BCUT2D eigenvalue weighted by Gasteiger charge is -2.10. The van der Waals surface area contributed by atoms with Crippen LogP contribution < -0.4 is 0 Å². The van der Waals surface area contributed by atoms with Crippen LogP contribution in [-0.4, -0.2) is 4.98 Å². The zero-order chi connectivity index (χ0) is 14.8. The Bertz CT molecular complexity index is 615. The van der Waals surface area contributed by atoms with Crippen LogP contribution in [0.2, 0.25) is 0 Å². The molecule has 2 rings (SSSR count). The smallest absolute Gasteiger partial charge is 0.113 e. The number of nitrogens with zero attached hydrogens (tertiary/aromatic N) is 2. The normalized spacial score (nSPS) is 11.6. The number of hydrogen-bond acceptors (Lipinski definition) is 3. The van der Waals surface area contributed by atoms with Crippen molar-refractivity contribution < 1.29 is 0 Å². The van der Waals surface area contributed by atoms with Crippen LogP contribution >= 0.6 is 11.3 Å². The van der Waals surface area contributed by atoms with E-state index in [-0.39, 0.29) is 0 Å². The third kappa shape index (κ3) is 3.26. The van der Waals surface area contributed by atoms with Gasteiger partial charge in [-0.1, -0.05) is 38.1 Å². The number of nitriles is 1. The van der Waals surface area contributed by atoms with Gasteiger partial charge in [0.25, 0.3) is 0 Å². The van der Waals surface area contributed by atoms with E-state index in [1.54, 1.807) is 11.3 Å². The van der Waals surface area contributed by atoms with Crippen molar-refractivity contribution in [2.24, 2.45) is 5.92 Å². The minimum Gasteiger partial charge on any atom is -0.240 e. The molecule has 104 valence electrons. The fraction of sp³-hybridized carbons (Fsp3) is 0.412. The van der Waals surface area contributed by atoms with E-state index >= 15 is 0 Å². The molecule has 2 nitrogen and oxygen atoms in total. The SMILES string of the molecule is CC(C)Cc1ccc(-c2csc(C(C)(C)C#N)n2)cc1. The topological polar surface area (TPSA) is 36.7 Å². The van der Waals surface area contributed by atoms with E-state index in [1.165, 1.54) is 5.56 Å². The van der Waals surface area contributed by atoms with Crippen LogP contribution in [0.5, 0.6) is 0 Å². The first kappa shape index (κ1) is 14.7. The average Bonchev–Trinajstić information content (AvgIpc) is 2.89. The number of benzene rings is 1. The van der Waals surface area contributed by atoms with Crippen LogP contribution in [0.3, 0.4) is 0 Å². The second-order valence-corrected chi connectivity index (χ2v) is 6.93. The van der Waals surface area contributed by atoms with Crippen molar-refractivity contribution in [2.75, 3.05) is 0 Å². The van der Waals surface area contributed by atoms with Crippen molar-refractivity contribution in [2.45, 2.75) is 39.5 Å². The molecule has 1 aromatic heterocycles. The maximum atomic E-state index is 9.16. The van der Waals surface area contributed by atoms with Crippen molar-refractivity contribution in [3.63, 3.8) is 0 Å². The Labute approximate surface area is 125 Å². The van der Waals surface area contributed by atoms with E-state index in [0.717, 1.165) is 22.7 Å². The zero-order valence-electron chi connectivity index (χ0n) is 12.5. The van der Waals surface area contributed by atoms with Gasteiger partial charge < -0.3 is 0 Å². The van der Waals surface area contributed by atoms with E-state index < -0.39 is 5.41 Å². The van der Waals surface area contributed by atoms with Crippen LogP contribution in [0.15, 0.2) is 29.6 Å². The molecule has 0 aliphatic carbocycles. The second-order valence-electron chi connectivity index (χ2n) is 6.07. The number of hydrogen-bond donors (Lipinski definition) is 0. The van der Waals surface area contributed by atoms with Crippen molar-refractivity contribution in [1.82, 2.24) is 4.98 Å². The summed E-state index contributed by atoms with van der Waals surface area (Å²) in [5.74, 6) is 0.670. The van der Waals surface area contributed by atoms with Gasteiger partial charge in [0.1, 0.15) is 10.4 Å². The van der Waals surface area contributed by atoms with Crippen LogP contribution in [0.25, 0.3) is 11.3 Å². The van der Waals surface area contributed by atoms with Crippen molar-refractivity contribution in [3.8, 4) is 17.3 Å². The van der Waals surface area contributed by atoms with Crippen LogP contribution in [0.1, 0.15) is 38.3 Å². The average molecular weight is 284 g/mol. The van der Waals surface area contributed by atoms with E-state index in [2.05, 4.69) is 49.2 Å². The van der Waals surface area contributed by atoms with Gasteiger partial charge in [-0.15, -0.1) is 11.3 Å². The quantitative estimate of drug-likeness (QED) is 0.807. The van der Waals surface area contributed by atoms with Gasteiger partial charge in [0, 0.05) is 10.9 Å². The first-order valence-corrected chi connectivity index (χ1v) is 7.77. The Kier molecular flexibility index (Phi) is 4.25. The van der Waals surface area contributed by atoms with Gasteiger partial charge in [-0.2, -0.15) is 5.26 Å². The highest BCUT2D eigenvalue weighted by Gasteiger charge is 2.23. The second kappa shape index (κ2) is 5.76. The molecule has 0 N–H and O–H groups in total. The molecule has 2 aromatic rings. The van der Waals surface area contributed by atoms with Gasteiger partial charge in [-0.05, 0) is 31.7 Å². The van der Waals surface area contributed by atoms with Gasteiger partial charge in [0.2, 0.25) is 0 Å². The molecule has 0 aliphatic heterocycles. The van der Waals surface area contributed by atoms with Gasteiger partial charge in [0.05, 0.1) is 11.8 Å². The summed E-state index contributed by atoms with van der Waals surface area (Å²) < 4.78 is 0. The summed E-state index contributed by atoms with van der Waals surface area (Å²) in [6, 6.07) is 10.9. The fourth-order valence-corrected chi connectivity index (χ4v) is 2.93. The van der Waals surface area contributed by atoms with Crippen LogP contribution in [0, 0.1) is 17.2 Å². The molecule has 0 unspecified atom stereocenters. The van der Waals surface area contributed by atoms with Gasteiger partial charge >= 0.3 is 0 Å². The van der Waals surface area contributed by atoms with Crippen molar-refractivity contribution in [3.05, 3.63) is 40.2 Å². The molecule has 0 spiro atoms. The summed E-state index contributed by atoms with van der Waals surface area (Å²) in [6.07, 6.45) is 1.10. The van der Waals surface area contributed by atoms with E-state index in [9.17, 15) is 0 Å². The summed E-state index contributed by atoms with van der Waals surface area (Å²) in [7, 11) is 0. The van der Waals surface area contributed by atoms with Crippen molar-refractivity contribution in [1.29, 1.82) is 5.26 Å². The highest BCUT2D eigenvalue weighted by atomic mass is 32.1. The minimum absolute atomic E-state index is 0.513. The number of rotatable bonds is 4. The Morgan fingerprint density at radius 3 is 2.45 bits per heavy atom. The molecule has 1 aromatic carbocycles. The maximum Gasteiger partial charge on any atom is 0.113 e. The zero-order valence-corrected chi connectivity index (χ0v) is 13.3.